The molecule has 1 aliphatic heterocycles. The second-order valence-corrected chi connectivity index (χ2v) is 6.80. The number of nitrogens with zero attached hydrogens (tertiary/aromatic N) is 2. The summed E-state index contributed by atoms with van der Waals surface area (Å²) in [6.45, 7) is 1.40. The van der Waals surface area contributed by atoms with Gasteiger partial charge < -0.3 is 20.4 Å². The van der Waals surface area contributed by atoms with Crippen LogP contribution in [-0.2, 0) is 20.9 Å². The Hall–Kier alpha value is -3.68. The van der Waals surface area contributed by atoms with Crippen LogP contribution >= 0.6 is 0 Å². The summed E-state index contributed by atoms with van der Waals surface area (Å²) in [7, 11) is 0. The monoisotopic (exact) mass is 395 g/mol. The Balaban J connectivity index is 1.76. The molecule has 0 radical (unpaired) electrons. The highest BCUT2D eigenvalue weighted by atomic mass is 16.4. The number of carbonyl (C=O) groups excluding carboxylic acids is 2. The van der Waals surface area contributed by atoms with E-state index in [0.29, 0.717) is 0 Å². The number of aromatic nitrogens is 1. The number of carboxylic acids is 1. The third kappa shape index (κ3) is 4.60. The summed E-state index contributed by atoms with van der Waals surface area (Å²) in [5, 5.41) is 20.9. The molecule has 3 N–H and O–H groups in total. The smallest absolute Gasteiger partial charge is 0.322 e. The lowest BCUT2D eigenvalue weighted by atomic mass is 9.99. The lowest BCUT2D eigenvalue weighted by molar-refractivity contribution is -0.139. The highest BCUT2D eigenvalue weighted by molar-refractivity contribution is 6.19. The average Bonchev–Trinajstić information content (AvgIpc) is 2.70. The summed E-state index contributed by atoms with van der Waals surface area (Å²) in [6, 6.07) is 12.9. The lowest BCUT2D eigenvalue weighted by Gasteiger charge is -2.34. The molecule has 150 valence electrons. The van der Waals surface area contributed by atoms with Crippen LogP contribution < -0.4 is 5.32 Å². The first kappa shape index (κ1) is 20.1. The van der Waals surface area contributed by atoms with Gasteiger partial charge in [-0.3, -0.25) is 19.4 Å². The number of aliphatic hydroxyl groups is 1. The number of pyridine rings is 1. The molecular weight excluding hydrogens is 374 g/mol. The molecular formula is C21H21N3O5. The third-order valence-electron chi connectivity index (χ3n) is 4.68. The maximum absolute atomic E-state index is 12.8. The van der Waals surface area contributed by atoms with Crippen molar-refractivity contribution in [3.63, 3.8) is 0 Å². The minimum absolute atomic E-state index is 0.119. The SMILES string of the molecule is CC1CC(O)=C(C(=O)NCC(=O)O)C(=O)N1Cc1ccc(-c2ccccn2)cc1. The number of hydrogen-bond acceptors (Lipinski definition) is 5. The van der Waals surface area contributed by atoms with Crippen LogP contribution in [0.3, 0.4) is 0 Å². The number of aliphatic hydroxyl groups excluding tert-OH is 1. The van der Waals surface area contributed by atoms with Crippen LogP contribution in [0.1, 0.15) is 18.9 Å². The second kappa shape index (κ2) is 8.55. The molecule has 0 bridgehead atoms. The quantitative estimate of drug-likeness (QED) is 0.643. The Kier molecular flexibility index (Phi) is 5.92. The van der Waals surface area contributed by atoms with Crippen LogP contribution in [-0.4, -0.2) is 50.5 Å². The molecule has 2 heterocycles. The molecule has 2 aromatic rings. The fourth-order valence-electron chi connectivity index (χ4n) is 3.17. The first-order valence-electron chi connectivity index (χ1n) is 9.10. The van der Waals surface area contributed by atoms with E-state index in [1.807, 2.05) is 42.5 Å². The van der Waals surface area contributed by atoms with Crippen LogP contribution in [0.2, 0.25) is 0 Å². The molecule has 1 aromatic heterocycles. The van der Waals surface area contributed by atoms with E-state index < -0.39 is 29.9 Å². The van der Waals surface area contributed by atoms with Gasteiger partial charge in [0.1, 0.15) is 17.9 Å². The first-order valence-corrected chi connectivity index (χ1v) is 9.10. The van der Waals surface area contributed by atoms with Gasteiger partial charge in [0.25, 0.3) is 11.8 Å². The zero-order chi connectivity index (χ0) is 21.0. The Morgan fingerprint density at radius 1 is 1.21 bits per heavy atom. The summed E-state index contributed by atoms with van der Waals surface area (Å²) in [4.78, 5) is 41.4. The summed E-state index contributed by atoms with van der Waals surface area (Å²) in [5.41, 5.74) is 2.23. The normalized spacial score (nSPS) is 16.7. The highest BCUT2D eigenvalue weighted by Crippen LogP contribution is 2.25. The summed E-state index contributed by atoms with van der Waals surface area (Å²) in [6.07, 6.45) is 1.83. The molecule has 1 aliphatic rings. The van der Waals surface area contributed by atoms with E-state index in [1.54, 1.807) is 13.1 Å². The van der Waals surface area contributed by atoms with Crippen LogP contribution in [0, 0.1) is 0 Å². The van der Waals surface area contributed by atoms with Crippen molar-refractivity contribution < 1.29 is 24.6 Å². The van der Waals surface area contributed by atoms with Gasteiger partial charge in [0.2, 0.25) is 0 Å². The van der Waals surface area contributed by atoms with Gasteiger partial charge in [0, 0.05) is 30.8 Å². The van der Waals surface area contributed by atoms with Gasteiger partial charge in [0.15, 0.2) is 0 Å². The van der Waals surface area contributed by atoms with Crippen LogP contribution in [0.5, 0.6) is 0 Å². The Morgan fingerprint density at radius 3 is 2.55 bits per heavy atom. The van der Waals surface area contributed by atoms with Gasteiger partial charge in [-0.2, -0.15) is 0 Å². The molecule has 29 heavy (non-hydrogen) atoms. The van der Waals surface area contributed by atoms with E-state index in [4.69, 9.17) is 5.11 Å². The highest BCUT2D eigenvalue weighted by Gasteiger charge is 2.36. The topological polar surface area (TPSA) is 120 Å². The summed E-state index contributed by atoms with van der Waals surface area (Å²) in [5.74, 6) is -3.08. The van der Waals surface area contributed by atoms with E-state index in [0.717, 1.165) is 16.8 Å². The standard InChI is InChI=1S/C21H21N3O5/c1-13-10-17(25)19(20(28)23-11-18(26)27)21(29)24(13)12-14-5-7-15(8-6-14)16-4-2-3-9-22-16/h2-9,13,25H,10-12H2,1H3,(H,23,28)(H,26,27). The van der Waals surface area contributed by atoms with Crippen molar-refractivity contribution in [2.24, 2.45) is 0 Å². The molecule has 3 rings (SSSR count). The predicted molar refractivity (Wildman–Crippen MR) is 105 cm³/mol. The van der Waals surface area contributed by atoms with Crippen LogP contribution in [0.4, 0.5) is 0 Å². The van der Waals surface area contributed by atoms with Crippen LogP contribution in [0.25, 0.3) is 11.3 Å². The van der Waals surface area contributed by atoms with Gasteiger partial charge in [-0.1, -0.05) is 30.3 Å². The molecule has 1 atom stereocenters. The van der Waals surface area contributed by atoms with E-state index in [-0.39, 0.29) is 24.8 Å². The number of aliphatic carboxylic acids is 1. The largest absolute Gasteiger partial charge is 0.511 e. The Morgan fingerprint density at radius 2 is 1.93 bits per heavy atom. The number of nitrogens with one attached hydrogen (secondary N) is 1. The minimum Gasteiger partial charge on any atom is -0.511 e. The zero-order valence-electron chi connectivity index (χ0n) is 15.8. The first-order chi connectivity index (χ1) is 13.9. The van der Waals surface area contributed by atoms with Gasteiger partial charge in [-0.15, -0.1) is 0 Å². The lowest BCUT2D eigenvalue weighted by Crippen LogP contribution is -2.47. The number of amides is 2. The molecule has 2 amide bonds. The van der Waals surface area contributed by atoms with Gasteiger partial charge in [0.05, 0.1) is 5.69 Å². The van der Waals surface area contributed by atoms with Crippen molar-refractivity contribution >= 4 is 17.8 Å². The number of carboxylic acid groups (broad SMARTS) is 1. The number of rotatable bonds is 6. The predicted octanol–water partition coefficient (Wildman–Crippen LogP) is 1.88. The molecule has 0 aliphatic carbocycles. The minimum atomic E-state index is -1.24. The molecule has 0 spiro atoms. The molecule has 1 unspecified atom stereocenters. The molecule has 0 saturated heterocycles. The Bertz CT molecular complexity index is 954. The van der Waals surface area contributed by atoms with Gasteiger partial charge in [-0.05, 0) is 24.6 Å². The van der Waals surface area contributed by atoms with Crippen LogP contribution in [0.15, 0.2) is 60.0 Å². The van der Waals surface area contributed by atoms with Gasteiger partial charge >= 0.3 is 5.97 Å². The average molecular weight is 395 g/mol. The van der Waals surface area contributed by atoms with Crippen molar-refractivity contribution in [3.8, 4) is 11.3 Å². The fourth-order valence-corrected chi connectivity index (χ4v) is 3.17. The number of hydrogen-bond donors (Lipinski definition) is 3. The Labute approximate surface area is 167 Å². The maximum atomic E-state index is 12.8. The maximum Gasteiger partial charge on any atom is 0.322 e. The van der Waals surface area contributed by atoms with E-state index in [1.165, 1.54) is 4.90 Å². The van der Waals surface area contributed by atoms with E-state index in [9.17, 15) is 19.5 Å². The van der Waals surface area contributed by atoms with Crippen molar-refractivity contribution in [3.05, 3.63) is 65.6 Å². The van der Waals surface area contributed by atoms with Crippen molar-refractivity contribution in [2.75, 3.05) is 6.54 Å². The molecule has 0 saturated carbocycles. The molecule has 0 fully saturated rings. The van der Waals surface area contributed by atoms with E-state index >= 15 is 0 Å². The van der Waals surface area contributed by atoms with Crippen molar-refractivity contribution in [2.45, 2.75) is 25.9 Å². The zero-order valence-corrected chi connectivity index (χ0v) is 15.8. The summed E-state index contributed by atoms with van der Waals surface area (Å²) >= 11 is 0. The molecule has 8 heteroatoms. The third-order valence-corrected chi connectivity index (χ3v) is 4.68. The molecule has 1 aromatic carbocycles. The number of carbonyl (C=O) groups is 3. The van der Waals surface area contributed by atoms with Crippen molar-refractivity contribution in [1.29, 1.82) is 0 Å². The van der Waals surface area contributed by atoms with Crippen molar-refractivity contribution in [1.82, 2.24) is 15.2 Å². The second-order valence-electron chi connectivity index (χ2n) is 6.80. The van der Waals surface area contributed by atoms with E-state index in [2.05, 4.69) is 10.3 Å². The fraction of sp³-hybridized carbons (Fsp3) is 0.238. The summed E-state index contributed by atoms with van der Waals surface area (Å²) < 4.78 is 0. The van der Waals surface area contributed by atoms with Gasteiger partial charge in [-0.25, -0.2) is 0 Å². The molecule has 8 nitrogen and oxygen atoms in total. The number of benzene rings is 1.